The van der Waals surface area contributed by atoms with E-state index in [0.717, 1.165) is 4.88 Å². The highest BCUT2D eigenvalue weighted by molar-refractivity contribution is 7.80. The van der Waals surface area contributed by atoms with E-state index in [1.165, 1.54) is 0 Å². The van der Waals surface area contributed by atoms with Crippen LogP contribution >= 0.6 is 23.6 Å². The molecular weight excluding hydrogens is 240 g/mol. The lowest BCUT2D eigenvalue weighted by molar-refractivity contribution is -0.132. The molecule has 0 spiro atoms. The van der Waals surface area contributed by atoms with Gasteiger partial charge in [0, 0.05) is 11.9 Å². The van der Waals surface area contributed by atoms with Crippen LogP contribution in [0, 0.1) is 5.92 Å². The van der Waals surface area contributed by atoms with Crippen molar-refractivity contribution in [2.24, 2.45) is 11.7 Å². The van der Waals surface area contributed by atoms with Crippen LogP contribution in [0.2, 0.25) is 0 Å². The molecule has 1 atom stereocenters. The normalized spacial score (nSPS) is 12.1. The van der Waals surface area contributed by atoms with Crippen molar-refractivity contribution in [3.05, 3.63) is 22.4 Å². The van der Waals surface area contributed by atoms with Crippen LogP contribution in [-0.4, -0.2) is 22.8 Å². The SMILES string of the molecule is CCC(C(=O)N(C)Cc1cccs1)C(N)=S. The van der Waals surface area contributed by atoms with Crippen molar-refractivity contribution in [2.45, 2.75) is 19.9 Å². The van der Waals surface area contributed by atoms with Gasteiger partial charge in [0.15, 0.2) is 0 Å². The molecule has 0 saturated carbocycles. The van der Waals surface area contributed by atoms with E-state index in [9.17, 15) is 4.79 Å². The molecule has 0 aliphatic rings. The van der Waals surface area contributed by atoms with Gasteiger partial charge >= 0.3 is 0 Å². The maximum absolute atomic E-state index is 12.0. The van der Waals surface area contributed by atoms with E-state index in [1.807, 2.05) is 24.4 Å². The van der Waals surface area contributed by atoms with Gasteiger partial charge in [-0.15, -0.1) is 11.3 Å². The Morgan fingerprint density at radius 2 is 2.38 bits per heavy atom. The Morgan fingerprint density at radius 1 is 1.69 bits per heavy atom. The number of thiocarbonyl (C=S) groups is 1. The molecule has 3 nitrogen and oxygen atoms in total. The molecule has 0 radical (unpaired) electrons. The molecule has 0 bridgehead atoms. The highest BCUT2D eigenvalue weighted by atomic mass is 32.1. The van der Waals surface area contributed by atoms with E-state index in [-0.39, 0.29) is 16.8 Å². The third-order valence-electron chi connectivity index (χ3n) is 2.40. The summed E-state index contributed by atoms with van der Waals surface area (Å²) in [4.78, 5) is 15.1. The summed E-state index contributed by atoms with van der Waals surface area (Å²) in [7, 11) is 1.78. The van der Waals surface area contributed by atoms with Crippen LogP contribution in [0.25, 0.3) is 0 Å². The van der Waals surface area contributed by atoms with Gasteiger partial charge in [0.25, 0.3) is 0 Å². The van der Waals surface area contributed by atoms with Gasteiger partial charge < -0.3 is 10.6 Å². The molecule has 5 heteroatoms. The minimum atomic E-state index is -0.333. The lowest BCUT2D eigenvalue weighted by Gasteiger charge is -2.21. The third kappa shape index (κ3) is 3.28. The van der Waals surface area contributed by atoms with E-state index >= 15 is 0 Å². The van der Waals surface area contributed by atoms with E-state index < -0.39 is 0 Å². The zero-order valence-electron chi connectivity index (χ0n) is 9.47. The van der Waals surface area contributed by atoms with Crippen LogP contribution in [0.5, 0.6) is 0 Å². The first-order valence-electron chi connectivity index (χ1n) is 5.13. The maximum Gasteiger partial charge on any atom is 0.232 e. The van der Waals surface area contributed by atoms with Gasteiger partial charge in [-0.05, 0) is 17.9 Å². The number of thiophene rings is 1. The van der Waals surface area contributed by atoms with Crippen molar-refractivity contribution < 1.29 is 4.79 Å². The Morgan fingerprint density at radius 3 is 2.81 bits per heavy atom. The highest BCUT2D eigenvalue weighted by Crippen LogP contribution is 2.14. The largest absolute Gasteiger partial charge is 0.393 e. The number of nitrogens with zero attached hydrogens (tertiary/aromatic N) is 1. The fourth-order valence-corrected chi connectivity index (χ4v) is 2.50. The standard InChI is InChI=1S/C11H16N2OS2/c1-3-9(10(12)15)11(14)13(2)7-8-5-4-6-16-8/h4-6,9H,3,7H2,1-2H3,(H2,12,15). The van der Waals surface area contributed by atoms with Crippen molar-refractivity contribution in [1.29, 1.82) is 0 Å². The number of carbonyl (C=O) groups excluding carboxylic acids is 1. The quantitative estimate of drug-likeness (QED) is 0.820. The van der Waals surface area contributed by atoms with Crippen LogP contribution in [0.3, 0.4) is 0 Å². The topological polar surface area (TPSA) is 46.3 Å². The molecule has 2 N–H and O–H groups in total. The molecule has 1 unspecified atom stereocenters. The summed E-state index contributed by atoms with van der Waals surface area (Å²) in [6.45, 7) is 2.54. The monoisotopic (exact) mass is 256 g/mol. The second-order valence-corrected chi connectivity index (χ2v) is 5.14. The molecule has 0 saturated heterocycles. The third-order valence-corrected chi connectivity index (χ3v) is 3.54. The van der Waals surface area contributed by atoms with Gasteiger partial charge in [0.05, 0.1) is 17.5 Å². The Bertz CT molecular complexity index is 362. The van der Waals surface area contributed by atoms with Crippen LogP contribution in [0.15, 0.2) is 17.5 Å². The first-order chi connectivity index (χ1) is 7.56. The van der Waals surface area contributed by atoms with Gasteiger partial charge in [0.1, 0.15) is 0 Å². The highest BCUT2D eigenvalue weighted by Gasteiger charge is 2.22. The minimum Gasteiger partial charge on any atom is -0.393 e. The lowest BCUT2D eigenvalue weighted by Crippen LogP contribution is -2.38. The molecule has 1 heterocycles. The van der Waals surface area contributed by atoms with Crippen molar-refractivity contribution in [2.75, 3.05) is 7.05 Å². The summed E-state index contributed by atoms with van der Waals surface area (Å²) in [5.41, 5.74) is 5.55. The average Bonchev–Trinajstić information content (AvgIpc) is 2.70. The molecule has 0 aliphatic carbocycles. The van der Waals surface area contributed by atoms with Gasteiger partial charge in [0.2, 0.25) is 5.91 Å². The predicted molar refractivity (Wildman–Crippen MR) is 71.4 cm³/mol. The number of hydrogen-bond donors (Lipinski definition) is 1. The van der Waals surface area contributed by atoms with Crippen molar-refractivity contribution in [3.63, 3.8) is 0 Å². The Kier molecular flexibility index (Phi) is 4.89. The van der Waals surface area contributed by atoms with Crippen LogP contribution in [0.4, 0.5) is 0 Å². The molecule has 0 aromatic carbocycles. The number of rotatable bonds is 5. The first-order valence-corrected chi connectivity index (χ1v) is 6.41. The van der Waals surface area contributed by atoms with E-state index in [4.69, 9.17) is 18.0 Å². The van der Waals surface area contributed by atoms with Crippen molar-refractivity contribution >= 4 is 34.5 Å². The molecule has 1 amide bonds. The smallest absolute Gasteiger partial charge is 0.232 e. The lowest BCUT2D eigenvalue weighted by atomic mass is 10.1. The Balaban J connectivity index is 2.62. The van der Waals surface area contributed by atoms with Gasteiger partial charge in [-0.25, -0.2) is 0 Å². The Labute approximate surface area is 105 Å². The maximum atomic E-state index is 12.0. The fraction of sp³-hybridized carbons (Fsp3) is 0.455. The molecule has 0 fully saturated rings. The summed E-state index contributed by atoms with van der Waals surface area (Å²) in [6, 6.07) is 3.99. The number of amides is 1. The zero-order chi connectivity index (χ0) is 12.1. The van der Waals surface area contributed by atoms with Crippen LogP contribution in [0.1, 0.15) is 18.2 Å². The minimum absolute atomic E-state index is 0.00315. The van der Waals surface area contributed by atoms with Crippen molar-refractivity contribution in [1.82, 2.24) is 4.90 Å². The van der Waals surface area contributed by atoms with E-state index in [2.05, 4.69) is 0 Å². The second-order valence-electron chi connectivity index (χ2n) is 3.64. The number of carbonyl (C=O) groups is 1. The number of hydrogen-bond acceptors (Lipinski definition) is 3. The fourth-order valence-electron chi connectivity index (χ4n) is 1.48. The predicted octanol–water partition coefficient (Wildman–Crippen LogP) is 2.02. The van der Waals surface area contributed by atoms with Crippen LogP contribution in [-0.2, 0) is 11.3 Å². The van der Waals surface area contributed by atoms with E-state index in [1.54, 1.807) is 23.3 Å². The molecule has 88 valence electrons. The van der Waals surface area contributed by atoms with Gasteiger partial charge in [-0.2, -0.15) is 0 Å². The molecule has 16 heavy (non-hydrogen) atoms. The van der Waals surface area contributed by atoms with E-state index in [0.29, 0.717) is 13.0 Å². The first kappa shape index (κ1) is 13.1. The Hall–Kier alpha value is -0.940. The number of nitrogens with two attached hydrogens (primary N) is 1. The molecule has 1 rings (SSSR count). The zero-order valence-corrected chi connectivity index (χ0v) is 11.1. The molecule has 1 aromatic rings. The summed E-state index contributed by atoms with van der Waals surface area (Å²) >= 11 is 6.53. The second kappa shape index (κ2) is 5.96. The van der Waals surface area contributed by atoms with Crippen molar-refractivity contribution in [3.8, 4) is 0 Å². The summed E-state index contributed by atoms with van der Waals surface area (Å²) in [6.07, 6.45) is 0.656. The van der Waals surface area contributed by atoms with Gasteiger partial charge in [-0.1, -0.05) is 25.2 Å². The summed E-state index contributed by atoms with van der Waals surface area (Å²) < 4.78 is 0. The molecule has 1 aromatic heterocycles. The summed E-state index contributed by atoms with van der Waals surface area (Å²) in [5, 5.41) is 2.00. The average molecular weight is 256 g/mol. The molecular formula is C11H16N2OS2. The van der Waals surface area contributed by atoms with Gasteiger partial charge in [-0.3, -0.25) is 4.79 Å². The van der Waals surface area contributed by atoms with Crippen LogP contribution < -0.4 is 5.73 Å². The molecule has 0 aliphatic heterocycles. The summed E-state index contributed by atoms with van der Waals surface area (Å²) in [5.74, 6) is -0.330.